The molecule has 10 heteroatoms. The van der Waals surface area contributed by atoms with E-state index in [2.05, 4.69) is 9.72 Å². The Morgan fingerprint density at radius 3 is 2.77 bits per heavy atom. The number of anilines is 1. The van der Waals surface area contributed by atoms with Gasteiger partial charge in [0.05, 0.1) is 17.3 Å². The van der Waals surface area contributed by atoms with Gasteiger partial charge in [-0.25, -0.2) is 0 Å². The number of carbonyl (C=O) groups is 1. The number of amides is 1. The number of fused-ring (bicyclic) bond motifs is 1. The van der Waals surface area contributed by atoms with Crippen molar-refractivity contribution in [3.8, 4) is 11.5 Å². The fraction of sp³-hybridized carbons (Fsp3) is 0.238. The summed E-state index contributed by atoms with van der Waals surface area (Å²) in [6, 6.07) is 12.7. The van der Waals surface area contributed by atoms with Crippen LogP contribution in [-0.2, 0) is 9.53 Å². The van der Waals surface area contributed by atoms with Gasteiger partial charge in [0.25, 0.3) is 5.91 Å². The van der Waals surface area contributed by atoms with Crippen LogP contribution in [0.2, 0.25) is 5.02 Å². The van der Waals surface area contributed by atoms with Crippen molar-refractivity contribution in [3.05, 3.63) is 59.8 Å². The minimum Gasteiger partial charge on any atom is -0.489 e. The lowest BCUT2D eigenvalue weighted by Gasteiger charge is -2.33. The maximum Gasteiger partial charge on any atom is 0.573 e. The summed E-state index contributed by atoms with van der Waals surface area (Å²) in [6.45, 7) is 0.0571. The highest BCUT2D eigenvalue weighted by atomic mass is 35.5. The molecule has 0 spiro atoms. The van der Waals surface area contributed by atoms with Crippen molar-refractivity contribution >= 4 is 34.1 Å². The van der Waals surface area contributed by atoms with E-state index in [0.29, 0.717) is 11.3 Å². The van der Waals surface area contributed by atoms with Gasteiger partial charge in [-0.15, -0.1) is 13.2 Å². The third kappa shape index (κ3) is 5.00. The molecule has 1 atom stereocenters. The van der Waals surface area contributed by atoms with E-state index >= 15 is 0 Å². The summed E-state index contributed by atoms with van der Waals surface area (Å²) in [4.78, 5) is 18.0. The molecule has 1 amide bonds. The summed E-state index contributed by atoms with van der Waals surface area (Å²) in [7, 11) is 0. The number of halogens is 4. The predicted molar refractivity (Wildman–Crippen MR) is 107 cm³/mol. The summed E-state index contributed by atoms with van der Waals surface area (Å²) in [5.41, 5.74) is 0.971. The number of morpholine rings is 1. The second kappa shape index (κ2) is 8.60. The second-order valence-corrected chi connectivity index (χ2v) is 7.15. The van der Waals surface area contributed by atoms with Gasteiger partial charge in [0, 0.05) is 17.6 Å². The van der Waals surface area contributed by atoms with Crippen molar-refractivity contribution in [3.63, 3.8) is 0 Å². The lowest BCUT2D eigenvalue weighted by atomic mass is 10.2. The van der Waals surface area contributed by atoms with Crippen LogP contribution >= 0.6 is 11.6 Å². The van der Waals surface area contributed by atoms with E-state index in [1.165, 1.54) is 11.0 Å². The summed E-state index contributed by atoms with van der Waals surface area (Å²) < 4.78 is 52.5. The number of aromatic nitrogens is 1. The van der Waals surface area contributed by atoms with Crippen LogP contribution in [0, 0.1) is 0 Å². The number of hydrogen-bond donors (Lipinski definition) is 0. The smallest absolute Gasteiger partial charge is 0.489 e. The van der Waals surface area contributed by atoms with Crippen LogP contribution in [0.1, 0.15) is 0 Å². The molecule has 1 aliphatic heterocycles. The number of ether oxygens (including phenoxy) is 3. The molecule has 3 aromatic rings. The molecule has 1 saturated heterocycles. The van der Waals surface area contributed by atoms with E-state index in [1.54, 1.807) is 12.3 Å². The van der Waals surface area contributed by atoms with Crippen LogP contribution < -0.4 is 14.4 Å². The first-order valence-corrected chi connectivity index (χ1v) is 9.62. The molecule has 4 rings (SSSR count). The van der Waals surface area contributed by atoms with Gasteiger partial charge in [-0.05, 0) is 24.3 Å². The third-order valence-electron chi connectivity index (χ3n) is 4.59. The lowest BCUT2D eigenvalue weighted by Crippen LogP contribution is -2.49. The Labute approximate surface area is 180 Å². The molecule has 0 N–H and O–H groups in total. The quantitative estimate of drug-likeness (QED) is 0.566. The Hall–Kier alpha value is -3.04. The molecule has 2 aromatic carbocycles. The number of alkyl halides is 3. The van der Waals surface area contributed by atoms with Gasteiger partial charge in [-0.2, -0.15) is 0 Å². The van der Waals surface area contributed by atoms with Gasteiger partial charge in [-0.1, -0.05) is 29.8 Å². The number of pyridine rings is 1. The van der Waals surface area contributed by atoms with Crippen molar-refractivity contribution < 1.29 is 32.2 Å². The standard InChI is InChI=1S/C21H16ClF3N2O4/c22-16-9-14(31-21(23,24)25)6-7-17(16)27-10-15(29-12-19(27)28)11-30-18-5-1-3-13-4-2-8-26-20(13)18/h1-9,15H,10-12H2/t15-/m0/s1. The van der Waals surface area contributed by atoms with Crippen molar-refractivity contribution in [1.29, 1.82) is 0 Å². The lowest BCUT2D eigenvalue weighted by molar-refractivity contribution is -0.274. The van der Waals surface area contributed by atoms with Crippen LogP contribution in [0.5, 0.6) is 11.5 Å². The summed E-state index contributed by atoms with van der Waals surface area (Å²) in [5.74, 6) is -0.253. The Morgan fingerprint density at radius 1 is 1.19 bits per heavy atom. The Kier molecular flexibility index (Phi) is 5.88. The van der Waals surface area contributed by atoms with Gasteiger partial charge < -0.3 is 19.1 Å². The molecule has 0 unspecified atom stereocenters. The first-order chi connectivity index (χ1) is 14.8. The van der Waals surface area contributed by atoms with Gasteiger partial charge in [-0.3, -0.25) is 9.78 Å². The molecular weight excluding hydrogens is 437 g/mol. The van der Waals surface area contributed by atoms with E-state index in [1.807, 2.05) is 24.3 Å². The monoisotopic (exact) mass is 452 g/mol. The second-order valence-electron chi connectivity index (χ2n) is 6.74. The number of rotatable bonds is 5. The number of benzene rings is 2. The zero-order chi connectivity index (χ0) is 22.0. The maximum absolute atomic E-state index is 12.4. The molecule has 1 aliphatic rings. The minimum atomic E-state index is -4.83. The first-order valence-electron chi connectivity index (χ1n) is 9.24. The molecule has 0 radical (unpaired) electrons. The van der Waals surface area contributed by atoms with Gasteiger partial charge in [0.2, 0.25) is 0 Å². The molecule has 2 heterocycles. The number of hydrogen-bond acceptors (Lipinski definition) is 5. The molecule has 6 nitrogen and oxygen atoms in total. The summed E-state index contributed by atoms with van der Waals surface area (Å²) in [6.07, 6.45) is -3.64. The maximum atomic E-state index is 12.4. The molecule has 0 aliphatic carbocycles. The molecule has 0 bridgehead atoms. The van der Waals surface area contributed by atoms with E-state index < -0.39 is 18.2 Å². The van der Waals surface area contributed by atoms with Gasteiger partial charge in [0.15, 0.2) is 0 Å². The Balaban J connectivity index is 1.46. The van der Waals surface area contributed by atoms with Crippen LogP contribution in [-0.4, -0.2) is 43.1 Å². The average molecular weight is 453 g/mol. The predicted octanol–water partition coefficient (Wildman–Crippen LogP) is 4.60. The van der Waals surface area contributed by atoms with Gasteiger partial charge >= 0.3 is 6.36 Å². The molecule has 162 valence electrons. The fourth-order valence-corrected chi connectivity index (χ4v) is 3.51. The normalized spacial score (nSPS) is 17.1. The van der Waals surface area contributed by atoms with Crippen molar-refractivity contribution in [1.82, 2.24) is 4.98 Å². The molecular formula is C21H16ClF3N2O4. The zero-order valence-corrected chi connectivity index (χ0v) is 16.7. The van der Waals surface area contributed by atoms with E-state index in [-0.39, 0.29) is 36.4 Å². The van der Waals surface area contributed by atoms with Crippen LogP contribution in [0.15, 0.2) is 54.7 Å². The largest absolute Gasteiger partial charge is 0.573 e. The van der Waals surface area contributed by atoms with E-state index in [4.69, 9.17) is 21.1 Å². The number of carbonyl (C=O) groups excluding carboxylic acids is 1. The van der Waals surface area contributed by atoms with Crippen molar-refractivity contribution in [2.24, 2.45) is 0 Å². The SMILES string of the molecule is O=C1CO[C@H](COc2cccc3cccnc23)CN1c1ccc(OC(F)(F)F)cc1Cl. The minimum absolute atomic E-state index is 0.0464. The van der Waals surface area contributed by atoms with Crippen molar-refractivity contribution in [2.75, 3.05) is 24.7 Å². The zero-order valence-electron chi connectivity index (χ0n) is 15.9. The topological polar surface area (TPSA) is 60.9 Å². The molecule has 1 aromatic heterocycles. The molecule has 1 fully saturated rings. The Morgan fingerprint density at radius 2 is 2.00 bits per heavy atom. The third-order valence-corrected chi connectivity index (χ3v) is 4.90. The first kappa shape index (κ1) is 21.2. The highest BCUT2D eigenvalue weighted by Gasteiger charge is 2.32. The number of nitrogens with zero attached hydrogens (tertiary/aromatic N) is 2. The molecule has 31 heavy (non-hydrogen) atoms. The highest BCUT2D eigenvalue weighted by molar-refractivity contribution is 6.34. The van der Waals surface area contributed by atoms with Gasteiger partial charge in [0.1, 0.15) is 36.3 Å². The number of para-hydroxylation sites is 1. The van der Waals surface area contributed by atoms with Crippen molar-refractivity contribution in [2.45, 2.75) is 12.5 Å². The van der Waals surface area contributed by atoms with Crippen LogP contribution in [0.4, 0.5) is 18.9 Å². The summed E-state index contributed by atoms with van der Waals surface area (Å²) >= 11 is 6.12. The summed E-state index contributed by atoms with van der Waals surface area (Å²) in [5, 5.41) is 0.879. The average Bonchev–Trinajstić information content (AvgIpc) is 2.72. The van der Waals surface area contributed by atoms with Crippen LogP contribution in [0.3, 0.4) is 0 Å². The van der Waals surface area contributed by atoms with E-state index in [9.17, 15) is 18.0 Å². The fourth-order valence-electron chi connectivity index (χ4n) is 3.24. The molecule has 0 saturated carbocycles. The Bertz CT molecular complexity index is 1100. The van der Waals surface area contributed by atoms with Crippen LogP contribution in [0.25, 0.3) is 10.9 Å². The van der Waals surface area contributed by atoms with E-state index in [0.717, 1.165) is 17.5 Å². The highest BCUT2D eigenvalue weighted by Crippen LogP contribution is 2.33.